The molecule has 7 heteroatoms. The van der Waals surface area contributed by atoms with Crippen LogP contribution in [0.4, 0.5) is 8.78 Å². The van der Waals surface area contributed by atoms with Gasteiger partial charge in [-0.3, -0.25) is 0 Å². The number of hydrogen-bond donors (Lipinski definition) is 0. The molecular formula is C9H8F2LiO3S+. The van der Waals surface area contributed by atoms with Crippen molar-refractivity contribution in [1.29, 1.82) is 0 Å². The van der Waals surface area contributed by atoms with Gasteiger partial charge in [-0.05, 0) is 19.1 Å². The number of carbonyl (C=O) groups excluding carboxylic acids is 1. The topological polar surface area (TPSA) is 57.4 Å². The van der Waals surface area contributed by atoms with Crippen LogP contribution in [0, 0.1) is 6.92 Å². The quantitative estimate of drug-likeness (QED) is 0.402. The molecule has 0 saturated heterocycles. The molecule has 3 nitrogen and oxygen atoms in total. The fourth-order valence-electron chi connectivity index (χ4n) is 0.839. The number of rotatable bonds is 2. The van der Waals surface area contributed by atoms with E-state index in [1.807, 2.05) is 0 Å². The molecule has 0 amide bonds. The van der Waals surface area contributed by atoms with Crippen LogP contribution in [0.25, 0.3) is 0 Å². The van der Waals surface area contributed by atoms with Crippen molar-refractivity contribution in [3.63, 3.8) is 0 Å². The van der Waals surface area contributed by atoms with Gasteiger partial charge in [-0.2, -0.15) is 12.7 Å². The molecule has 1 aromatic rings. The first-order valence-corrected chi connectivity index (χ1v) is 5.27. The summed E-state index contributed by atoms with van der Waals surface area (Å²) in [7, 11) is -4.18. The monoisotopic (exact) mass is 241 g/mol. The molecule has 82 valence electrons. The Balaban J connectivity index is 0. The molecule has 1 aromatic carbocycles. The zero-order valence-electron chi connectivity index (χ0n) is 9.70. The third-order valence-electron chi connectivity index (χ3n) is 1.54. The van der Waals surface area contributed by atoms with Gasteiger partial charge in [0.25, 0.3) is 0 Å². The van der Waals surface area contributed by atoms with E-state index < -0.39 is 17.0 Å². The van der Waals surface area contributed by atoms with Crippen LogP contribution in [0.1, 0.15) is 6.99 Å². The van der Waals surface area contributed by atoms with Crippen molar-refractivity contribution in [3.8, 4) is 0 Å². The largest absolute Gasteiger partial charge is 1.00 e. The van der Waals surface area contributed by atoms with E-state index in [-0.39, 0.29) is 25.2 Å². The first kappa shape index (κ1) is 15.4. The maximum Gasteiger partial charge on any atom is 1.00 e. The zero-order valence-corrected chi connectivity index (χ0v) is 9.51. The molecule has 0 saturated carbocycles. The second kappa shape index (κ2) is 6.21. The molecule has 0 aliphatic carbocycles. The first-order chi connectivity index (χ1) is 6.92. The van der Waals surface area contributed by atoms with Gasteiger partial charge in [-0.25, -0.2) is 0 Å². The van der Waals surface area contributed by atoms with Gasteiger partial charge in [-0.15, -0.1) is 0 Å². The molecule has 0 bridgehead atoms. The van der Waals surface area contributed by atoms with Crippen LogP contribution < -0.4 is 18.9 Å². The molecular weight excluding hydrogens is 233 g/mol. The van der Waals surface area contributed by atoms with E-state index in [0.29, 0.717) is 0 Å². The Morgan fingerprint density at radius 2 is 1.81 bits per heavy atom. The summed E-state index contributed by atoms with van der Waals surface area (Å²) in [6, 6.07) is 5.60. The molecule has 1 rings (SSSR count). The average Bonchev–Trinajstić information content (AvgIpc) is 2.16. The Kier molecular flexibility index (Phi) is 5.98. The first-order valence-electron chi connectivity index (χ1n) is 3.86. The Morgan fingerprint density at radius 1 is 1.31 bits per heavy atom. The predicted octanol–water partition coefficient (Wildman–Crippen LogP) is -0.401. The third kappa shape index (κ3) is 4.50. The minimum absolute atomic E-state index is 0. The summed E-state index contributed by atoms with van der Waals surface area (Å²) in [6.07, 6.45) is -2.33. The molecule has 0 aliphatic rings. The second-order valence-corrected chi connectivity index (χ2v) is 4.26. The van der Waals surface area contributed by atoms with Crippen molar-refractivity contribution < 1.29 is 42.0 Å². The van der Waals surface area contributed by atoms with Crippen molar-refractivity contribution in [1.82, 2.24) is 0 Å². The van der Waals surface area contributed by atoms with Crippen LogP contribution in [0.2, 0.25) is 0 Å². The summed E-state index contributed by atoms with van der Waals surface area (Å²) in [5, 5.41) is 0. The Labute approximate surface area is 107 Å². The van der Waals surface area contributed by atoms with Crippen LogP contribution >= 0.6 is 10.9 Å². The van der Waals surface area contributed by atoms with Crippen LogP contribution in [-0.2, 0) is 3.87 Å². The molecule has 0 aromatic heterocycles. The molecule has 0 heterocycles. The summed E-state index contributed by atoms with van der Waals surface area (Å²) in [5.74, 6) is 0.994. The zero-order chi connectivity index (χ0) is 11.5. The summed E-state index contributed by atoms with van der Waals surface area (Å²) >= 11 is 0. The van der Waals surface area contributed by atoms with E-state index in [2.05, 4.69) is 3.87 Å². The minimum atomic E-state index is -4.18. The fourth-order valence-corrected chi connectivity index (χ4v) is 1.58. The number of benzene rings is 1. The summed E-state index contributed by atoms with van der Waals surface area (Å²) in [6.45, 7) is 1.77. The standard InChI is InChI=1S/C9H8F2O3S.Li/c1-7-2-4-8(5-3-7)15(12,13)14-6-9(10)11;/h2-5H,1H3,(H-,12,13);/q;+1. The normalized spacial score (nSPS) is 11.1. The molecule has 0 radical (unpaired) electrons. The molecule has 0 N–H and O–H groups in total. The molecule has 16 heavy (non-hydrogen) atoms. The predicted molar refractivity (Wildman–Crippen MR) is 51.1 cm³/mol. The number of halogens is 2. The van der Waals surface area contributed by atoms with Crippen molar-refractivity contribution in [2.45, 2.75) is 11.8 Å². The summed E-state index contributed by atoms with van der Waals surface area (Å²) in [4.78, 5) is -0.193. The van der Waals surface area contributed by atoms with Gasteiger partial charge in [0.05, 0.1) is 4.90 Å². The maximum atomic E-state index is 11.6. The van der Waals surface area contributed by atoms with Gasteiger partial charge < -0.3 is 9.11 Å². The van der Waals surface area contributed by atoms with Gasteiger partial charge in [0.1, 0.15) is 0 Å². The van der Waals surface area contributed by atoms with Crippen LogP contribution in [-0.4, -0.2) is 15.0 Å². The van der Waals surface area contributed by atoms with E-state index >= 15 is 0 Å². The fraction of sp³-hybridized carbons (Fsp3) is 0.111. The van der Waals surface area contributed by atoms with Crippen molar-refractivity contribution >= 4 is 16.8 Å². The Morgan fingerprint density at radius 3 is 2.25 bits per heavy atom. The van der Waals surface area contributed by atoms with E-state index in [1.165, 1.54) is 24.3 Å². The van der Waals surface area contributed by atoms with E-state index in [0.717, 1.165) is 11.5 Å². The smallest absolute Gasteiger partial charge is 0.746 e. The van der Waals surface area contributed by atoms with E-state index in [9.17, 15) is 17.9 Å². The van der Waals surface area contributed by atoms with Crippen LogP contribution in [0.5, 0.6) is 0 Å². The maximum absolute atomic E-state index is 11.6. The molecule has 0 atom stereocenters. The molecule has 0 aliphatic heterocycles. The average molecular weight is 241 g/mol. The minimum Gasteiger partial charge on any atom is -0.746 e. The number of hydrogen-bond acceptors (Lipinski definition) is 2. The van der Waals surface area contributed by atoms with Crippen LogP contribution in [0.3, 0.4) is 0 Å². The summed E-state index contributed by atoms with van der Waals surface area (Å²) in [5.41, 5.74) is 0.852. The van der Waals surface area contributed by atoms with E-state index in [1.54, 1.807) is 6.92 Å². The Bertz CT molecular complexity index is 415. The molecule has 0 fully saturated rings. The SMILES string of the molecule is Cc1ccc(S([O-])([O-])[O+]=C=C(F)F)cc1.[H+].[Li+]. The molecule has 0 spiro atoms. The van der Waals surface area contributed by atoms with E-state index in [4.69, 9.17) is 0 Å². The van der Waals surface area contributed by atoms with Gasteiger partial charge in [0.2, 0.25) is 0 Å². The van der Waals surface area contributed by atoms with Gasteiger partial charge in [-0.1, -0.05) is 17.7 Å². The number of aryl methyl sites for hydroxylation is 1. The van der Waals surface area contributed by atoms with Gasteiger partial charge in [0, 0.05) is 10.9 Å². The van der Waals surface area contributed by atoms with Gasteiger partial charge >= 0.3 is 32.3 Å². The van der Waals surface area contributed by atoms with Crippen molar-refractivity contribution in [2.24, 2.45) is 0 Å². The van der Waals surface area contributed by atoms with Crippen molar-refractivity contribution in [3.05, 3.63) is 35.9 Å². The van der Waals surface area contributed by atoms with Crippen molar-refractivity contribution in [2.75, 3.05) is 0 Å². The summed E-state index contributed by atoms with van der Waals surface area (Å²) < 4.78 is 49.4. The third-order valence-corrected chi connectivity index (χ3v) is 2.69. The second-order valence-electron chi connectivity index (χ2n) is 2.71. The van der Waals surface area contributed by atoms with Gasteiger partial charge in [0.15, 0.2) is 0 Å². The molecule has 0 unspecified atom stereocenters. The van der Waals surface area contributed by atoms with Crippen LogP contribution in [0.15, 0.2) is 35.2 Å². The Hall–Kier alpha value is -0.603.